The number of hydrogen-bond donors (Lipinski definition) is 1. The third-order valence-corrected chi connectivity index (χ3v) is 5.29. The van der Waals surface area contributed by atoms with Gasteiger partial charge in [0.1, 0.15) is 6.33 Å². The molecule has 2 aromatic carbocycles. The molecule has 3 aromatic rings. The lowest BCUT2D eigenvalue weighted by atomic mass is 10.2. The highest BCUT2D eigenvalue weighted by molar-refractivity contribution is 5.94. The van der Waals surface area contributed by atoms with Crippen LogP contribution in [0.15, 0.2) is 54.9 Å². The van der Waals surface area contributed by atoms with Crippen molar-refractivity contribution in [2.45, 2.75) is 32.5 Å². The molecular formula is C23H28N4O2. The number of amides is 1. The van der Waals surface area contributed by atoms with Crippen molar-refractivity contribution in [2.75, 3.05) is 26.2 Å². The lowest BCUT2D eigenvalue weighted by molar-refractivity contribution is -0.0679. The maximum atomic E-state index is 12.4. The van der Waals surface area contributed by atoms with Gasteiger partial charge in [-0.3, -0.25) is 14.3 Å². The molecule has 1 aromatic heterocycles. The number of ether oxygens (including phenoxy) is 1. The molecule has 4 rings (SSSR count). The van der Waals surface area contributed by atoms with E-state index in [2.05, 4.69) is 29.0 Å². The molecule has 0 aliphatic carbocycles. The molecule has 152 valence electrons. The average molecular weight is 393 g/mol. The van der Waals surface area contributed by atoms with Gasteiger partial charge in [-0.1, -0.05) is 12.1 Å². The Morgan fingerprint density at radius 2 is 1.83 bits per heavy atom. The van der Waals surface area contributed by atoms with Crippen LogP contribution in [0.4, 0.5) is 0 Å². The van der Waals surface area contributed by atoms with E-state index < -0.39 is 0 Å². The van der Waals surface area contributed by atoms with Gasteiger partial charge in [0, 0.05) is 37.4 Å². The molecule has 2 atom stereocenters. The van der Waals surface area contributed by atoms with Crippen LogP contribution in [-0.4, -0.2) is 58.7 Å². The number of benzene rings is 2. The van der Waals surface area contributed by atoms with E-state index in [0.29, 0.717) is 12.1 Å². The number of hydrogen-bond acceptors (Lipinski definition) is 4. The van der Waals surface area contributed by atoms with Crippen molar-refractivity contribution in [2.24, 2.45) is 0 Å². The fourth-order valence-corrected chi connectivity index (χ4v) is 4.01. The molecule has 6 nitrogen and oxygen atoms in total. The molecule has 1 N–H and O–H groups in total. The summed E-state index contributed by atoms with van der Waals surface area (Å²) in [6.45, 7) is 7.80. The Bertz CT molecular complexity index is 956. The number of morpholine rings is 1. The average Bonchev–Trinajstić information content (AvgIpc) is 3.15. The summed E-state index contributed by atoms with van der Waals surface area (Å²) in [7, 11) is 0. The molecule has 1 amide bonds. The number of carbonyl (C=O) groups excluding carboxylic acids is 1. The van der Waals surface area contributed by atoms with Crippen LogP contribution in [-0.2, 0) is 4.74 Å². The zero-order chi connectivity index (χ0) is 20.2. The fraction of sp³-hybridized carbons (Fsp3) is 0.391. The maximum absolute atomic E-state index is 12.4. The second-order valence-corrected chi connectivity index (χ2v) is 7.78. The number of para-hydroxylation sites is 2. The summed E-state index contributed by atoms with van der Waals surface area (Å²) < 4.78 is 7.79. The molecule has 0 saturated carbocycles. The number of nitrogens with one attached hydrogen (secondary N) is 1. The first-order valence-electron chi connectivity index (χ1n) is 10.3. The van der Waals surface area contributed by atoms with Crippen molar-refractivity contribution in [3.8, 4) is 5.69 Å². The van der Waals surface area contributed by atoms with Gasteiger partial charge < -0.3 is 10.1 Å². The summed E-state index contributed by atoms with van der Waals surface area (Å²) in [6.07, 6.45) is 3.30. The van der Waals surface area contributed by atoms with Gasteiger partial charge in [-0.25, -0.2) is 4.98 Å². The Labute approximate surface area is 171 Å². The molecular weight excluding hydrogens is 364 g/mol. The summed E-state index contributed by atoms with van der Waals surface area (Å²) in [4.78, 5) is 19.3. The SMILES string of the molecule is CC1CN(CCCNC(=O)c2ccc(-n3cnc4ccccc43)cc2)CC(C)O1. The summed E-state index contributed by atoms with van der Waals surface area (Å²) in [5, 5.41) is 3.03. The van der Waals surface area contributed by atoms with Crippen LogP contribution in [0.3, 0.4) is 0 Å². The molecule has 1 aliphatic rings. The first kappa shape index (κ1) is 19.6. The Kier molecular flexibility index (Phi) is 5.92. The number of rotatable bonds is 6. The summed E-state index contributed by atoms with van der Waals surface area (Å²) in [5.74, 6) is -0.0317. The predicted molar refractivity (Wildman–Crippen MR) is 114 cm³/mol. The number of aromatic nitrogens is 2. The van der Waals surface area contributed by atoms with Gasteiger partial charge >= 0.3 is 0 Å². The van der Waals surface area contributed by atoms with Crippen molar-refractivity contribution >= 4 is 16.9 Å². The van der Waals surface area contributed by atoms with E-state index in [1.165, 1.54) is 0 Å². The van der Waals surface area contributed by atoms with Crippen LogP contribution in [0.2, 0.25) is 0 Å². The summed E-state index contributed by atoms with van der Waals surface area (Å²) >= 11 is 0. The normalized spacial score (nSPS) is 20.1. The van der Waals surface area contributed by atoms with E-state index >= 15 is 0 Å². The van der Waals surface area contributed by atoms with Crippen molar-refractivity contribution < 1.29 is 9.53 Å². The number of carbonyl (C=O) groups is 1. The molecule has 0 bridgehead atoms. The molecule has 2 unspecified atom stereocenters. The van der Waals surface area contributed by atoms with Gasteiger partial charge in [0.15, 0.2) is 0 Å². The lowest BCUT2D eigenvalue weighted by Gasteiger charge is -2.35. The van der Waals surface area contributed by atoms with E-state index in [1.54, 1.807) is 0 Å². The molecule has 1 fully saturated rings. The van der Waals surface area contributed by atoms with Crippen LogP contribution in [0, 0.1) is 0 Å². The van der Waals surface area contributed by atoms with Crippen molar-refractivity contribution in [1.29, 1.82) is 0 Å². The Morgan fingerprint density at radius 3 is 2.59 bits per heavy atom. The maximum Gasteiger partial charge on any atom is 0.251 e. The van der Waals surface area contributed by atoms with Gasteiger partial charge in [0.05, 0.1) is 23.2 Å². The topological polar surface area (TPSA) is 59.4 Å². The number of fused-ring (bicyclic) bond motifs is 1. The van der Waals surface area contributed by atoms with Crippen LogP contribution in [0.1, 0.15) is 30.6 Å². The number of nitrogens with zero attached hydrogens (tertiary/aromatic N) is 3. The van der Waals surface area contributed by atoms with Crippen molar-refractivity contribution in [3.63, 3.8) is 0 Å². The minimum absolute atomic E-state index is 0.0317. The zero-order valence-corrected chi connectivity index (χ0v) is 17.0. The lowest BCUT2D eigenvalue weighted by Crippen LogP contribution is -2.46. The highest BCUT2D eigenvalue weighted by Crippen LogP contribution is 2.18. The number of imidazole rings is 1. The largest absolute Gasteiger partial charge is 0.373 e. The van der Waals surface area contributed by atoms with E-state index in [4.69, 9.17) is 4.74 Å². The molecule has 1 saturated heterocycles. The minimum Gasteiger partial charge on any atom is -0.373 e. The second kappa shape index (κ2) is 8.76. The van der Waals surface area contributed by atoms with Crippen LogP contribution in [0.5, 0.6) is 0 Å². The van der Waals surface area contributed by atoms with Gasteiger partial charge in [-0.2, -0.15) is 0 Å². The molecule has 1 aliphatic heterocycles. The smallest absolute Gasteiger partial charge is 0.251 e. The Balaban J connectivity index is 1.29. The molecule has 0 radical (unpaired) electrons. The van der Waals surface area contributed by atoms with Gasteiger partial charge in [0.25, 0.3) is 5.91 Å². The molecule has 2 heterocycles. The Hall–Kier alpha value is -2.70. The predicted octanol–water partition coefficient (Wildman–Crippen LogP) is 3.25. The van der Waals surface area contributed by atoms with Gasteiger partial charge in [-0.15, -0.1) is 0 Å². The fourth-order valence-electron chi connectivity index (χ4n) is 4.01. The molecule has 6 heteroatoms. The van der Waals surface area contributed by atoms with Crippen LogP contribution in [0.25, 0.3) is 16.7 Å². The van der Waals surface area contributed by atoms with Crippen molar-refractivity contribution in [3.05, 3.63) is 60.4 Å². The zero-order valence-electron chi connectivity index (χ0n) is 17.0. The summed E-state index contributed by atoms with van der Waals surface area (Å²) in [5.41, 5.74) is 3.67. The highest BCUT2D eigenvalue weighted by Gasteiger charge is 2.21. The van der Waals surface area contributed by atoms with E-state index in [0.717, 1.165) is 42.8 Å². The van der Waals surface area contributed by atoms with Crippen LogP contribution >= 0.6 is 0 Å². The van der Waals surface area contributed by atoms with E-state index in [9.17, 15) is 4.79 Å². The molecule has 0 spiro atoms. The van der Waals surface area contributed by atoms with E-state index in [1.807, 2.05) is 59.4 Å². The minimum atomic E-state index is -0.0317. The standard InChI is InChI=1S/C23H28N4O2/c1-17-14-26(15-18(2)29-17)13-5-12-24-23(28)19-8-10-20(11-9-19)27-16-25-21-6-3-4-7-22(21)27/h3-4,6-11,16-18H,5,12-15H2,1-2H3,(H,24,28). The third kappa shape index (κ3) is 4.66. The van der Waals surface area contributed by atoms with Gasteiger partial charge in [-0.05, 0) is 56.7 Å². The first-order chi connectivity index (χ1) is 14.1. The monoisotopic (exact) mass is 392 g/mol. The van der Waals surface area contributed by atoms with E-state index in [-0.39, 0.29) is 18.1 Å². The van der Waals surface area contributed by atoms with Gasteiger partial charge in [0.2, 0.25) is 0 Å². The third-order valence-electron chi connectivity index (χ3n) is 5.29. The van der Waals surface area contributed by atoms with Crippen LogP contribution < -0.4 is 5.32 Å². The first-order valence-corrected chi connectivity index (χ1v) is 10.3. The summed E-state index contributed by atoms with van der Waals surface area (Å²) in [6, 6.07) is 15.7. The van der Waals surface area contributed by atoms with Crippen molar-refractivity contribution in [1.82, 2.24) is 19.8 Å². The Morgan fingerprint density at radius 1 is 1.10 bits per heavy atom. The molecule has 29 heavy (non-hydrogen) atoms. The highest BCUT2D eigenvalue weighted by atomic mass is 16.5. The second-order valence-electron chi connectivity index (χ2n) is 7.78. The quantitative estimate of drug-likeness (QED) is 0.654.